The van der Waals surface area contributed by atoms with Gasteiger partial charge in [-0.2, -0.15) is 18.3 Å². The van der Waals surface area contributed by atoms with Crippen LogP contribution >= 0.6 is 0 Å². The highest BCUT2D eigenvalue weighted by atomic mass is 19.4. The van der Waals surface area contributed by atoms with E-state index in [0.717, 1.165) is 12.8 Å². The lowest BCUT2D eigenvalue weighted by molar-refractivity contribution is -0.153. The van der Waals surface area contributed by atoms with Gasteiger partial charge in [0.05, 0.1) is 6.04 Å². The standard InChI is InChI=1S/C22H22F3N5O3/c1-2-3-16(31)29-10-21(11-29)8-14(9-21)30-19(26)17(20(27)32)18(28-30)13-4-6-15(7-5-13)33-12-22(23,24)25/h4-7,14H,8-12,26H2,1H3,(H2,27,32). The van der Waals surface area contributed by atoms with E-state index in [0.29, 0.717) is 18.7 Å². The van der Waals surface area contributed by atoms with Crippen molar-refractivity contribution in [3.8, 4) is 28.8 Å². The predicted molar refractivity (Wildman–Crippen MR) is 113 cm³/mol. The second-order valence-corrected chi connectivity index (χ2v) is 8.44. The predicted octanol–water partition coefficient (Wildman–Crippen LogP) is 2.36. The zero-order valence-corrected chi connectivity index (χ0v) is 17.8. The Morgan fingerprint density at radius 2 is 1.88 bits per heavy atom. The van der Waals surface area contributed by atoms with Crippen LogP contribution in [0.3, 0.4) is 0 Å². The molecule has 1 aliphatic carbocycles. The van der Waals surface area contributed by atoms with Gasteiger partial charge >= 0.3 is 6.18 Å². The number of amides is 2. The highest BCUT2D eigenvalue weighted by Crippen LogP contribution is 2.54. The van der Waals surface area contributed by atoms with E-state index in [4.69, 9.17) is 16.2 Å². The summed E-state index contributed by atoms with van der Waals surface area (Å²) in [6.45, 7) is 1.45. The van der Waals surface area contributed by atoms with Gasteiger partial charge in [-0.05, 0) is 50.0 Å². The van der Waals surface area contributed by atoms with Crippen LogP contribution in [-0.4, -0.2) is 52.4 Å². The monoisotopic (exact) mass is 461 g/mol. The van der Waals surface area contributed by atoms with Gasteiger partial charge < -0.3 is 21.1 Å². The average Bonchev–Trinajstić information content (AvgIpc) is 3.01. The molecule has 1 aliphatic heterocycles. The average molecular weight is 461 g/mol. The highest BCUT2D eigenvalue weighted by Gasteiger charge is 2.54. The fraction of sp³-hybridized carbons (Fsp3) is 0.409. The summed E-state index contributed by atoms with van der Waals surface area (Å²) in [5.74, 6) is 4.36. The summed E-state index contributed by atoms with van der Waals surface area (Å²) in [6, 6.07) is 5.66. The lowest BCUT2D eigenvalue weighted by atomic mass is 9.60. The van der Waals surface area contributed by atoms with Crippen molar-refractivity contribution in [1.82, 2.24) is 14.7 Å². The van der Waals surface area contributed by atoms with E-state index in [9.17, 15) is 22.8 Å². The molecule has 2 aliphatic rings. The topological polar surface area (TPSA) is 116 Å². The molecule has 33 heavy (non-hydrogen) atoms. The maximum atomic E-state index is 12.3. The van der Waals surface area contributed by atoms with Crippen molar-refractivity contribution >= 4 is 17.6 Å². The number of nitrogens with two attached hydrogens (primary N) is 2. The molecule has 2 aromatic rings. The minimum absolute atomic E-state index is 0.00133. The number of alkyl halides is 3. The molecule has 0 unspecified atom stereocenters. The Morgan fingerprint density at radius 3 is 2.42 bits per heavy atom. The van der Waals surface area contributed by atoms with Crippen LogP contribution in [0, 0.1) is 17.3 Å². The number of anilines is 1. The first kappa shape index (κ1) is 22.5. The van der Waals surface area contributed by atoms with Crippen LogP contribution in [0.1, 0.15) is 36.2 Å². The van der Waals surface area contributed by atoms with Crippen molar-refractivity contribution in [3.05, 3.63) is 29.8 Å². The number of rotatable bonds is 5. The zero-order valence-electron chi connectivity index (χ0n) is 17.8. The molecule has 1 aromatic heterocycles. The first-order valence-electron chi connectivity index (χ1n) is 10.2. The summed E-state index contributed by atoms with van der Waals surface area (Å²) < 4.78 is 43.3. The normalized spacial score (nSPS) is 17.0. The Kier molecular flexibility index (Phi) is 5.47. The van der Waals surface area contributed by atoms with Gasteiger partial charge in [-0.15, -0.1) is 0 Å². The molecule has 1 spiro atoms. The number of primary amides is 1. The number of carbonyl (C=O) groups is 2. The molecule has 1 aromatic carbocycles. The molecule has 4 N–H and O–H groups in total. The Labute approximate surface area is 187 Å². The van der Waals surface area contributed by atoms with Gasteiger partial charge in [0, 0.05) is 24.1 Å². The van der Waals surface area contributed by atoms with Crippen LogP contribution < -0.4 is 16.2 Å². The van der Waals surface area contributed by atoms with Gasteiger partial charge in [0.2, 0.25) is 0 Å². The molecule has 0 atom stereocenters. The molecule has 1 saturated carbocycles. The van der Waals surface area contributed by atoms with E-state index in [1.807, 2.05) is 0 Å². The van der Waals surface area contributed by atoms with E-state index < -0.39 is 18.7 Å². The minimum Gasteiger partial charge on any atom is -0.484 e. The number of hydrogen-bond acceptors (Lipinski definition) is 5. The number of benzene rings is 1. The number of halogens is 3. The first-order chi connectivity index (χ1) is 15.5. The van der Waals surface area contributed by atoms with Crippen molar-refractivity contribution in [2.75, 3.05) is 25.4 Å². The van der Waals surface area contributed by atoms with Gasteiger partial charge in [-0.1, -0.05) is 5.92 Å². The molecule has 2 amide bonds. The van der Waals surface area contributed by atoms with E-state index in [1.54, 1.807) is 16.5 Å². The number of likely N-dealkylation sites (tertiary alicyclic amines) is 1. The molecule has 0 bridgehead atoms. The van der Waals surface area contributed by atoms with Gasteiger partial charge in [-0.25, -0.2) is 4.68 Å². The number of ether oxygens (including phenoxy) is 1. The van der Waals surface area contributed by atoms with E-state index in [1.165, 1.54) is 24.3 Å². The third kappa shape index (κ3) is 4.33. The van der Waals surface area contributed by atoms with Gasteiger partial charge in [0.25, 0.3) is 11.8 Å². The molecule has 4 rings (SSSR count). The third-order valence-electron chi connectivity index (χ3n) is 5.98. The Balaban J connectivity index is 1.50. The largest absolute Gasteiger partial charge is 0.484 e. The third-order valence-corrected chi connectivity index (χ3v) is 5.98. The van der Waals surface area contributed by atoms with Gasteiger partial charge in [0.15, 0.2) is 6.61 Å². The maximum absolute atomic E-state index is 12.3. The molecule has 8 nitrogen and oxygen atoms in total. The lowest BCUT2D eigenvalue weighted by Gasteiger charge is -2.58. The van der Waals surface area contributed by atoms with E-state index >= 15 is 0 Å². The van der Waals surface area contributed by atoms with Crippen LogP contribution in [0.4, 0.5) is 19.0 Å². The van der Waals surface area contributed by atoms with E-state index in [2.05, 4.69) is 16.9 Å². The van der Waals surface area contributed by atoms with Crippen molar-refractivity contribution in [3.63, 3.8) is 0 Å². The lowest BCUT2D eigenvalue weighted by Crippen LogP contribution is -2.63. The van der Waals surface area contributed by atoms with Crippen molar-refractivity contribution < 1.29 is 27.5 Å². The van der Waals surface area contributed by atoms with Gasteiger partial charge in [-0.3, -0.25) is 9.59 Å². The number of nitrogen functional groups attached to an aromatic ring is 1. The Bertz CT molecular complexity index is 1150. The quantitative estimate of drug-likeness (QED) is 0.663. The fourth-order valence-electron chi connectivity index (χ4n) is 4.51. The molecule has 2 fully saturated rings. The summed E-state index contributed by atoms with van der Waals surface area (Å²) in [5.41, 5.74) is 12.5. The molecule has 2 heterocycles. The summed E-state index contributed by atoms with van der Waals surface area (Å²) in [7, 11) is 0. The van der Waals surface area contributed by atoms with Crippen molar-refractivity contribution in [1.29, 1.82) is 0 Å². The molecule has 1 saturated heterocycles. The highest BCUT2D eigenvalue weighted by molar-refractivity contribution is 6.03. The van der Waals surface area contributed by atoms with Gasteiger partial charge in [0.1, 0.15) is 22.8 Å². The second kappa shape index (κ2) is 8.03. The molecule has 11 heteroatoms. The summed E-state index contributed by atoms with van der Waals surface area (Å²) in [6.07, 6.45) is -2.96. The molecule has 0 radical (unpaired) electrons. The molecule has 174 valence electrons. The first-order valence-corrected chi connectivity index (χ1v) is 10.2. The number of nitrogens with zero attached hydrogens (tertiary/aromatic N) is 3. The summed E-state index contributed by atoms with van der Waals surface area (Å²) in [4.78, 5) is 25.6. The fourth-order valence-corrected chi connectivity index (χ4v) is 4.51. The smallest absolute Gasteiger partial charge is 0.422 e. The molecular formula is C22H22F3N5O3. The Hall–Kier alpha value is -3.68. The number of hydrogen-bond donors (Lipinski definition) is 2. The van der Waals surface area contributed by atoms with Crippen LogP contribution in [0.25, 0.3) is 11.3 Å². The van der Waals surface area contributed by atoms with Crippen molar-refractivity contribution in [2.24, 2.45) is 11.1 Å². The van der Waals surface area contributed by atoms with Crippen LogP contribution in [0.5, 0.6) is 5.75 Å². The number of aromatic nitrogens is 2. The SMILES string of the molecule is CC#CC(=O)N1CC2(CC(n3nc(-c4ccc(OCC(F)(F)F)cc4)c(C(N)=O)c3N)C2)C1. The van der Waals surface area contributed by atoms with Crippen LogP contribution in [-0.2, 0) is 4.79 Å². The second-order valence-electron chi connectivity index (χ2n) is 8.44. The maximum Gasteiger partial charge on any atom is 0.422 e. The minimum atomic E-state index is -4.45. The van der Waals surface area contributed by atoms with Crippen LogP contribution in [0.2, 0.25) is 0 Å². The number of carbonyl (C=O) groups excluding carboxylic acids is 2. The molecular weight excluding hydrogens is 439 g/mol. The van der Waals surface area contributed by atoms with Crippen LogP contribution in [0.15, 0.2) is 24.3 Å². The van der Waals surface area contributed by atoms with Crippen molar-refractivity contribution in [2.45, 2.75) is 32.0 Å². The summed E-state index contributed by atoms with van der Waals surface area (Å²) >= 11 is 0. The van der Waals surface area contributed by atoms with E-state index in [-0.39, 0.29) is 40.2 Å². The Morgan fingerprint density at radius 1 is 1.24 bits per heavy atom. The summed E-state index contributed by atoms with van der Waals surface area (Å²) in [5, 5.41) is 4.51. The zero-order chi connectivity index (χ0) is 24.0.